The van der Waals surface area contributed by atoms with Crippen molar-refractivity contribution in [3.63, 3.8) is 0 Å². The summed E-state index contributed by atoms with van der Waals surface area (Å²) in [5.41, 5.74) is 0.313. The van der Waals surface area contributed by atoms with Gasteiger partial charge in [0.05, 0.1) is 5.02 Å². The molecule has 3 unspecified atom stereocenters. The van der Waals surface area contributed by atoms with E-state index in [1.807, 2.05) is 0 Å². The summed E-state index contributed by atoms with van der Waals surface area (Å²) in [4.78, 5) is 35.1. The summed E-state index contributed by atoms with van der Waals surface area (Å²) >= 11 is 6.29. The molecule has 0 N–H and O–H groups in total. The smallest absolute Gasteiger partial charge is 0.292 e. The molecule has 3 aliphatic heterocycles. The zero-order valence-electron chi connectivity index (χ0n) is 18.3. The molecule has 31 heavy (non-hydrogen) atoms. The number of fused-ring (bicyclic) bond motifs is 1. The van der Waals surface area contributed by atoms with Crippen LogP contribution in [0.4, 0.5) is 9.18 Å². The van der Waals surface area contributed by atoms with Gasteiger partial charge in [-0.2, -0.15) is 0 Å². The maximum atomic E-state index is 14.6. The second-order valence-electron chi connectivity index (χ2n) is 9.00. The Morgan fingerprint density at radius 3 is 2.48 bits per heavy atom. The molecule has 3 heterocycles. The van der Waals surface area contributed by atoms with Crippen molar-refractivity contribution in [2.75, 3.05) is 33.7 Å². The van der Waals surface area contributed by atoms with Crippen LogP contribution < -0.4 is 0 Å². The van der Waals surface area contributed by atoms with E-state index in [0.29, 0.717) is 40.6 Å². The molecule has 0 radical (unpaired) electrons. The molecule has 3 atom stereocenters. The molecule has 3 aliphatic rings. The minimum atomic E-state index is -0.780. The number of imide groups is 1. The summed E-state index contributed by atoms with van der Waals surface area (Å²) in [7, 11) is 3.07. The van der Waals surface area contributed by atoms with Gasteiger partial charge in [0.25, 0.3) is 17.8 Å². The number of carbonyl (C=O) groups excluding carboxylic acids is 2. The molecule has 7 nitrogen and oxygen atoms in total. The fourth-order valence-electron chi connectivity index (χ4n) is 4.93. The predicted molar refractivity (Wildman–Crippen MR) is 117 cm³/mol. The highest BCUT2D eigenvalue weighted by atomic mass is 35.5. The molecule has 166 valence electrons. The van der Waals surface area contributed by atoms with Crippen molar-refractivity contribution in [2.24, 2.45) is 16.8 Å². The van der Waals surface area contributed by atoms with Gasteiger partial charge in [-0.3, -0.25) is 19.5 Å². The van der Waals surface area contributed by atoms with Crippen LogP contribution in [-0.4, -0.2) is 82.7 Å². The topological polar surface area (TPSA) is 59.2 Å². The summed E-state index contributed by atoms with van der Waals surface area (Å²) < 4.78 is 16.4. The zero-order valence-corrected chi connectivity index (χ0v) is 19.1. The van der Waals surface area contributed by atoms with Gasteiger partial charge in [-0.05, 0) is 35.4 Å². The summed E-state index contributed by atoms with van der Waals surface area (Å²) in [6.45, 7) is 6.95. The number of halogens is 2. The summed E-state index contributed by atoms with van der Waals surface area (Å²) in [5, 5.41) is 0.300. The van der Waals surface area contributed by atoms with Crippen molar-refractivity contribution < 1.29 is 18.6 Å². The number of urea groups is 1. The van der Waals surface area contributed by atoms with E-state index in [-0.39, 0.29) is 12.5 Å². The predicted octanol–water partition coefficient (Wildman–Crippen LogP) is 2.67. The maximum absolute atomic E-state index is 14.6. The average Bonchev–Trinajstić information content (AvgIpc) is 3.05. The van der Waals surface area contributed by atoms with Gasteiger partial charge in [-0.1, -0.05) is 31.5 Å². The molecule has 3 amide bonds. The number of hydrogen-bond donors (Lipinski definition) is 0. The van der Waals surface area contributed by atoms with Crippen molar-refractivity contribution in [1.29, 1.82) is 0 Å². The van der Waals surface area contributed by atoms with Gasteiger partial charge in [0.15, 0.2) is 0 Å². The van der Waals surface area contributed by atoms with Gasteiger partial charge in [0.2, 0.25) is 0 Å². The Bertz CT molecular complexity index is 964. The standard InChI is InChI=1S/C22H28ClFN5O2/c1-13-8-14(2)10-28(9-13)12-18-25-20-19(21(30)27(4)22(31)26(20)3)29(18)11-15-16(23)6-5-7-17(15)24/h5-7,13-14,19H,8-12H2,1-4H3/q+1. The number of carbonyl (C=O) groups is 2. The number of nitrogens with zero attached hydrogens (tertiary/aromatic N) is 5. The molecule has 0 spiro atoms. The fraction of sp³-hybridized carbons (Fsp3) is 0.545. The first-order valence-corrected chi connectivity index (χ1v) is 11.0. The van der Waals surface area contributed by atoms with Gasteiger partial charge >= 0.3 is 11.9 Å². The van der Waals surface area contributed by atoms with E-state index in [0.717, 1.165) is 18.0 Å². The maximum Gasteiger partial charge on any atom is 0.333 e. The van der Waals surface area contributed by atoms with E-state index in [9.17, 15) is 14.0 Å². The van der Waals surface area contributed by atoms with E-state index < -0.39 is 17.9 Å². The van der Waals surface area contributed by atoms with Crippen LogP contribution in [0.1, 0.15) is 25.8 Å². The third-order valence-electron chi connectivity index (χ3n) is 6.31. The Kier molecular flexibility index (Phi) is 5.87. The van der Waals surface area contributed by atoms with E-state index in [2.05, 4.69) is 18.7 Å². The van der Waals surface area contributed by atoms with Gasteiger partial charge in [-0.15, -0.1) is 0 Å². The lowest BCUT2D eigenvalue weighted by atomic mass is 9.92. The van der Waals surface area contributed by atoms with Crippen molar-refractivity contribution >= 4 is 35.2 Å². The summed E-state index contributed by atoms with van der Waals surface area (Å²) in [6, 6.07) is 3.34. The molecule has 1 aromatic rings. The second-order valence-corrected chi connectivity index (χ2v) is 9.40. The number of hydrogen-bond acceptors (Lipinski definition) is 4. The first-order chi connectivity index (χ1) is 14.7. The lowest BCUT2D eigenvalue weighted by Gasteiger charge is -2.34. The van der Waals surface area contributed by atoms with Crippen molar-refractivity contribution in [2.45, 2.75) is 32.9 Å². The number of likely N-dealkylation sites (tertiary alicyclic amines) is 1. The number of rotatable bonds is 4. The highest BCUT2D eigenvalue weighted by molar-refractivity contribution is 6.31. The van der Waals surface area contributed by atoms with Crippen LogP contribution in [0.3, 0.4) is 0 Å². The van der Waals surface area contributed by atoms with E-state index in [4.69, 9.17) is 16.6 Å². The third kappa shape index (κ3) is 3.99. The minimum Gasteiger partial charge on any atom is -0.292 e. The number of likely N-dealkylation sites (N-methyl/N-ethyl adjacent to an activating group) is 2. The molecule has 2 fully saturated rings. The van der Waals surface area contributed by atoms with Crippen molar-refractivity contribution in [3.05, 3.63) is 34.6 Å². The molecule has 0 aromatic heterocycles. The van der Waals surface area contributed by atoms with Crippen molar-refractivity contribution in [1.82, 2.24) is 14.7 Å². The highest BCUT2D eigenvalue weighted by Crippen LogP contribution is 2.26. The summed E-state index contributed by atoms with van der Waals surface area (Å²) in [6.07, 6.45) is 1.18. The van der Waals surface area contributed by atoms with Crippen LogP contribution in [0.15, 0.2) is 23.2 Å². The van der Waals surface area contributed by atoms with Crippen LogP contribution in [0, 0.1) is 17.7 Å². The lowest BCUT2D eigenvalue weighted by molar-refractivity contribution is -0.552. The second kappa shape index (κ2) is 8.31. The molecule has 4 rings (SSSR count). The molecular formula is C22H28ClFN5O2+. The highest BCUT2D eigenvalue weighted by Gasteiger charge is 2.53. The van der Waals surface area contributed by atoms with Gasteiger partial charge < -0.3 is 0 Å². The minimum absolute atomic E-state index is 0.0963. The van der Waals surface area contributed by atoms with E-state index in [1.54, 1.807) is 23.8 Å². The number of aliphatic imine (C=N–C) groups is 1. The molecule has 9 heteroatoms. The van der Waals surface area contributed by atoms with Crippen LogP contribution >= 0.6 is 11.6 Å². The molecular weight excluding hydrogens is 421 g/mol. The van der Waals surface area contributed by atoms with Crippen LogP contribution in [0.25, 0.3) is 0 Å². The Morgan fingerprint density at radius 1 is 1.16 bits per heavy atom. The van der Waals surface area contributed by atoms with Gasteiger partial charge in [0.1, 0.15) is 18.9 Å². The Labute approximate surface area is 186 Å². The van der Waals surface area contributed by atoms with Gasteiger partial charge in [0, 0.05) is 32.7 Å². The van der Waals surface area contributed by atoms with E-state index >= 15 is 0 Å². The number of benzene rings is 1. The Morgan fingerprint density at radius 2 is 1.84 bits per heavy atom. The number of amides is 3. The van der Waals surface area contributed by atoms with Crippen molar-refractivity contribution in [3.8, 4) is 0 Å². The first kappa shape index (κ1) is 21.9. The largest absolute Gasteiger partial charge is 0.333 e. The Balaban J connectivity index is 1.74. The third-order valence-corrected chi connectivity index (χ3v) is 6.67. The SMILES string of the molecule is CC1CC(C)CN(CC2=[N+](Cc3c(F)cccc3Cl)C3C(=O)N(C)C(=O)N(C)C3=N2)C1. The van der Waals surface area contributed by atoms with Gasteiger partial charge in [-0.25, -0.2) is 13.8 Å². The molecule has 0 bridgehead atoms. The molecule has 2 saturated heterocycles. The number of piperidine rings is 1. The fourth-order valence-corrected chi connectivity index (χ4v) is 5.16. The average molecular weight is 449 g/mol. The Hall–Kier alpha value is -2.32. The first-order valence-electron chi connectivity index (χ1n) is 10.6. The monoisotopic (exact) mass is 448 g/mol. The van der Waals surface area contributed by atoms with Crippen LogP contribution in [0.2, 0.25) is 5.02 Å². The lowest BCUT2D eigenvalue weighted by Crippen LogP contribution is -2.61. The number of amidine groups is 2. The summed E-state index contributed by atoms with van der Waals surface area (Å²) in [5.74, 6) is 1.36. The van der Waals surface area contributed by atoms with E-state index in [1.165, 1.54) is 24.4 Å². The van der Waals surface area contributed by atoms with Crippen LogP contribution in [-0.2, 0) is 11.3 Å². The van der Waals surface area contributed by atoms with Crippen LogP contribution in [0.5, 0.6) is 0 Å². The molecule has 1 aromatic carbocycles. The normalized spacial score (nSPS) is 27.2. The molecule has 0 aliphatic carbocycles. The quantitative estimate of drug-likeness (QED) is 0.665. The molecule has 0 saturated carbocycles. The zero-order chi connectivity index (χ0) is 22.4.